The first-order chi connectivity index (χ1) is 12.4. The van der Waals surface area contributed by atoms with Gasteiger partial charge in [0.25, 0.3) is 5.91 Å². The van der Waals surface area contributed by atoms with Gasteiger partial charge in [-0.15, -0.1) is 0 Å². The van der Waals surface area contributed by atoms with Gasteiger partial charge in [-0.05, 0) is 43.3 Å². The van der Waals surface area contributed by atoms with Crippen molar-refractivity contribution in [1.82, 2.24) is 4.72 Å². The first-order valence-corrected chi connectivity index (χ1v) is 9.56. The highest BCUT2D eigenvalue weighted by Gasteiger charge is 2.18. The maximum Gasteiger partial charge on any atom is 0.277 e. The summed E-state index contributed by atoms with van der Waals surface area (Å²) in [6.45, 7) is 1.95. The summed E-state index contributed by atoms with van der Waals surface area (Å²) < 4.78 is 27.2. The smallest absolute Gasteiger partial charge is 0.267 e. The van der Waals surface area contributed by atoms with Crippen LogP contribution in [0.4, 0.5) is 0 Å². The van der Waals surface area contributed by atoms with Gasteiger partial charge in [0.15, 0.2) is 0 Å². The van der Waals surface area contributed by atoms with Crippen molar-refractivity contribution in [3.8, 4) is 0 Å². The number of carbonyl (C=O) groups is 1. The molecule has 6 heteroatoms. The predicted molar refractivity (Wildman–Crippen MR) is 102 cm³/mol. The zero-order valence-electron chi connectivity index (χ0n) is 14.2. The van der Waals surface area contributed by atoms with Crippen molar-refractivity contribution < 1.29 is 13.2 Å². The summed E-state index contributed by atoms with van der Waals surface area (Å²) in [6.07, 6.45) is 6.57. The van der Waals surface area contributed by atoms with Crippen LogP contribution in [0.25, 0.3) is 0 Å². The third-order valence-corrected chi connectivity index (χ3v) is 5.30. The highest BCUT2D eigenvalue weighted by atomic mass is 32.2. The van der Waals surface area contributed by atoms with E-state index in [4.69, 9.17) is 0 Å². The number of sulfonamides is 1. The summed E-state index contributed by atoms with van der Waals surface area (Å²) in [5.41, 5.74) is 2.06. The molecule has 0 radical (unpaired) electrons. The van der Waals surface area contributed by atoms with E-state index in [1.54, 1.807) is 54.6 Å². The van der Waals surface area contributed by atoms with Crippen LogP contribution in [0.15, 0.2) is 88.8 Å². The van der Waals surface area contributed by atoms with Gasteiger partial charge in [0.1, 0.15) is 0 Å². The lowest BCUT2D eigenvalue weighted by molar-refractivity contribution is 0.100. The van der Waals surface area contributed by atoms with Gasteiger partial charge in [-0.25, -0.2) is 18.1 Å². The molecule has 0 aliphatic heterocycles. The fourth-order valence-corrected chi connectivity index (χ4v) is 3.57. The average Bonchev–Trinajstić information content (AvgIpc) is 2.64. The Morgan fingerprint density at radius 2 is 1.58 bits per heavy atom. The number of benzene rings is 2. The zero-order valence-corrected chi connectivity index (χ0v) is 15.0. The van der Waals surface area contributed by atoms with Crippen molar-refractivity contribution in [1.29, 1.82) is 0 Å². The minimum absolute atomic E-state index is 0.204. The number of nitrogens with zero attached hydrogens (tertiary/aromatic N) is 1. The minimum Gasteiger partial charge on any atom is -0.267 e. The standard InChI is InChI=1S/C20H18N2O3S/c1-15-7-9-16(10-8-15)20(23)21-17-11-13-18(14-12-17)22-26(24,25)19-5-3-2-4-6-19/h2-14,18,22H,1H3. The molecule has 1 N–H and O–H groups in total. The molecule has 0 spiro atoms. The lowest BCUT2D eigenvalue weighted by Crippen LogP contribution is -2.33. The van der Waals surface area contributed by atoms with Crippen molar-refractivity contribution >= 4 is 21.6 Å². The van der Waals surface area contributed by atoms with Crippen LogP contribution in [-0.2, 0) is 10.0 Å². The predicted octanol–water partition coefficient (Wildman–Crippen LogP) is 3.05. The normalized spacial score (nSPS) is 16.5. The van der Waals surface area contributed by atoms with E-state index in [2.05, 4.69) is 9.71 Å². The second kappa shape index (κ2) is 7.59. The topological polar surface area (TPSA) is 75.6 Å². The molecular weight excluding hydrogens is 348 g/mol. The molecule has 2 aromatic rings. The molecule has 0 heterocycles. The molecule has 26 heavy (non-hydrogen) atoms. The van der Waals surface area contributed by atoms with Crippen molar-refractivity contribution in [2.24, 2.45) is 4.99 Å². The Kier molecular flexibility index (Phi) is 5.25. The van der Waals surface area contributed by atoms with E-state index in [0.717, 1.165) is 5.56 Å². The first kappa shape index (κ1) is 18.0. The van der Waals surface area contributed by atoms with E-state index in [9.17, 15) is 13.2 Å². The maximum absolute atomic E-state index is 12.3. The van der Waals surface area contributed by atoms with Crippen LogP contribution in [0.1, 0.15) is 15.9 Å². The molecule has 0 fully saturated rings. The fourth-order valence-electron chi connectivity index (χ4n) is 2.40. The van der Waals surface area contributed by atoms with E-state index in [-0.39, 0.29) is 10.8 Å². The number of aryl methyl sites for hydroxylation is 1. The van der Waals surface area contributed by atoms with E-state index in [1.165, 1.54) is 12.1 Å². The van der Waals surface area contributed by atoms with E-state index < -0.39 is 16.1 Å². The monoisotopic (exact) mass is 366 g/mol. The van der Waals surface area contributed by atoms with Crippen LogP contribution in [0.2, 0.25) is 0 Å². The number of allylic oxidation sites excluding steroid dienone is 2. The summed E-state index contributed by atoms with van der Waals surface area (Å²) >= 11 is 0. The molecule has 5 nitrogen and oxygen atoms in total. The van der Waals surface area contributed by atoms with Crippen LogP contribution < -0.4 is 4.72 Å². The first-order valence-electron chi connectivity index (χ1n) is 8.07. The molecule has 132 valence electrons. The van der Waals surface area contributed by atoms with Gasteiger partial charge in [0.2, 0.25) is 10.0 Å². The summed E-state index contributed by atoms with van der Waals surface area (Å²) in [5, 5.41) is 0. The Labute approximate surface area is 152 Å². The molecule has 1 amide bonds. The molecule has 1 aliphatic carbocycles. The average molecular weight is 366 g/mol. The van der Waals surface area contributed by atoms with Crippen molar-refractivity contribution in [2.75, 3.05) is 0 Å². The van der Waals surface area contributed by atoms with Gasteiger partial charge >= 0.3 is 0 Å². The lowest BCUT2D eigenvalue weighted by atomic mass is 10.1. The van der Waals surface area contributed by atoms with Gasteiger partial charge in [0.05, 0.1) is 16.6 Å². The van der Waals surface area contributed by atoms with Crippen molar-refractivity contribution in [2.45, 2.75) is 17.9 Å². The number of rotatable bonds is 4. The number of hydrogen-bond donors (Lipinski definition) is 1. The van der Waals surface area contributed by atoms with E-state index in [1.807, 2.05) is 19.1 Å². The number of amides is 1. The van der Waals surface area contributed by atoms with Crippen LogP contribution in [0.3, 0.4) is 0 Å². The third-order valence-electron chi connectivity index (χ3n) is 3.82. The summed E-state index contributed by atoms with van der Waals surface area (Å²) in [6, 6.07) is 14.8. The second-order valence-electron chi connectivity index (χ2n) is 5.89. The summed E-state index contributed by atoms with van der Waals surface area (Å²) in [5.74, 6) is -0.336. The Morgan fingerprint density at radius 3 is 2.19 bits per heavy atom. The van der Waals surface area contributed by atoms with Gasteiger partial charge in [0, 0.05) is 5.56 Å². The SMILES string of the molecule is Cc1ccc(C(=O)N=C2C=CC(NS(=O)(=O)c3ccccc3)C=C2)cc1. The van der Waals surface area contributed by atoms with E-state index >= 15 is 0 Å². The number of carbonyl (C=O) groups excluding carboxylic acids is 1. The quantitative estimate of drug-likeness (QED) is 0.904. The zero-order chi connectivity index (χ0) is 18.6. The second-order valence-corrected chi connectivity index (χ2v) is 7.60. The highest BCUT2D eigenvalue weighted by molar-refractivity contribution is 7.89. The minimum atomic E-state index is -3.61. The molecule has 2 aromatic carbocycles. The van der Waals surface area contributed by atoms with Gasteiger partial charge < -0.3 is 0 Å². The number of aliphatic imine (C=N–C) groups is 1. The van der Waals surface area contributed by atoms with Crippen LogP contribution in [-0.4, -0.2) is 26.1 Å². The lowest BCUT2D eigenvalue weighted by Gasteiger charge is -2.14. The molecule has 0 bridgehead atoms. The number of nitrogens with one attached hydrogen (secondary N) is 1. The van der Waals surface area contributed by atoms with Gasteiger partial charge in [-0.1, -0.05) is 48.0 Å². The highest BCUT2D eigenvalue weighted by Crippen LogP contribution is 2.11. The molecular formula is C20H18N2O3S. The van der Waals surface area contributed by atoms with E-state index in [0.29, 0.717) is 11.3 Å². The molecule has 3 rings (SSSR count). The largest absolute Gasteiger partial charge is 0.277 e. The Hall–Kier alpha value is -2.83. The van der Waals surface area contributed by atoms with Gasteiger partial charge in [-0.3, -0.25) is 4.79 Å². The molecule has 0 atom stereocenters. The fraction of sp³-hybridized carbons (Fsp3) is 0.100. The summed E-state index contributed by atoms with van der Waals surface area (Å²) in [7, 11) is -3.61. The van der Waals surface area contributed by atoms with Gasteiger partial charge in [-0.2, -0.15) is 0 Å². The Balaban J connectivity index is 1.68. The molecule has 1 aliphatic rings. The molecule has 0 unspecified atom stereocenters. The Bertz CT molecular complexity index is 973. The summed E-state index contributed by atoms with van der Waals surface area (Å²) in [4.78, 5) is 16.4. The Morgan fingerprint density at radius 1 is 0.962 bits per heavy atom. The van der Waals surface area contributed by atoms with Crippen molar-refractivity contribution in [3.63, 3.8) is 0 Å². The number of hydrogen-bond acceptors (Lipinski definition) is 3. The molecule has 0 saturated heterocycles. The van der Waals surface area contributed by atoms with Crippen LogP contribution in [0.5, 0.6) is 0 Å². The third kappa shape index (κ3) is 4.41. The van der Waals surface area contributed by atoms with Crippen molar-refractivity contribution in [3.05, 3.63) is 90.0 Å². The molecule has 0 aromatic heterocycles. The maximum atomic E-state index is 12.3. The molecule has 0 saturated carbocycles. The van der Waals surface area contributed by atoms with Crippen LogP contribution in [0, 0.1) is 6.92 Å². The van der Waals surface area contributed by atoms with Crippen LogP contribution >= 0.6 is 0 Å².